The van der Waals surface area contributed by atoms with Gasteiger partial charge in [0.1, 0.15) is 6.26 Å². The molecule has 7 nitrogen and oxygen atoms in total. The van der Waals surface area contributed by atoms with Crippen LogP contribution in [0.25, 0.3) is 0 Å². The minimum absolute atomic E-state index is 0.182. The summed E-state index contributed by atoms with van der Waals surface area (Å²) >= 11 is 0. The molecule has 2 aliphatic rings. The van der Waals surface area contributed by atoms with Gasteiger partial charge in [-0.1, -0.05) is 17.7 Å². The third-order valence-electron chi connectivity index (χ3n) is 4.55. The summed E-state index contributed by atoms with van der Waals surface area (Å²) in [7, 11) is 0. The maximum atomic E-state index is 12.6. The van der Waals surface area contributed by atoms with E-state index >= 15 is 0 Å². The van der Waals surface area contributed by atoms with Crippen LogP contribution in [-0.2, 0) is 6.54 Å². The Morgan fingerprint density at radius 2 is 1.92 bits per heavy atom. The predicted octanol–water partition coefficient (Wildman–Crippen LogP) is 3.07. The van der Waals surface area contributed by atoms with Gasteiger partial charge in [-0.25, -0.2) is 9.78 Å². The van der Waals surface area contributed by atoms with Crippen LogP contribution in [0.5, 0.6) is 0 Å². The Morgan fingerprint density at radius 3 is 2.58 bits per heavy atom. The lowest BCUT2D eigenvalue weighted by Crippen LogP contribution is -2.36. The first-order valence-electron chi connectivity index (χ1n) is 8.98. The fraction of sp³-hybridized carbons (Fsp3) is 0.421. The molecule has 2 aliphatic carbocycles. The Bertz CT molecular complexity index is 806. The average Bonchev–Trinajstić information content (AvgIpc) is 3.55. The molecular weight excluding hydrogens is 332 g/mol. The molecule has 7 heteroatoms. The smallest absolute Gasteiger partial charge is 0.322 e. The molecule has 0 saturated heterocycles. The van der Waals surface area contributed by atoms with E-state index in [9.17, 15) is 9.59 Å². The van der Waals surface area contributed by atoms with Gasteiger partial charge < -0.3 is 20.0 Å². The van der Waals surface area contributed by atoms with Crippen LogP contribution in [-0.4, -0.2) is 33.9 Å². The molecule has 2 aromatic rings. The number of aromatic nitrogens is 1. The quantitative estimate of drug-likeness (QED) is 0.834. The third-order valence-corrected chi connectivity index (χ3v) is 4.55. The summed E-state index contributed by atoms with van der Waals surface area (Å²) in [5.74, 6) is 0.154. The van der Waals surface area contributed by atoms with Crippen molar-refractivity contribution in [1.82, 2.24) is 15.2 Å². The number of nitrogens with zero attached hydrogens (tertiary/aromatic N) is 2. The average molecular weight is 354 g/mol. The highest BCUT2D eigenvalue weighted by Crippen LogP contribution is 2.29. The minimum Gasteiger partial charge on any atom is -0.446 e. The Balaban J connectivity index is 1.40. The van der Waals surface area contributed by atoms with Crippen molar-refractivity contribution in [2.24, 2.45) is 0 Å². The second-order valence-corrected chi connectivity index (χ2v) is 7.03. The standard InChI is InChI=1S/C19H22N4O3/c1-12-2-4-14(5-3-12)21-19(25)23(15-8-9-15)10-17-22-16(11-26-17)18(24)20-13-6-7-13/h2-5,11,13,15H,6-10H2,1H3,(H,20,24)(H,21,25). The maximum absolute atomic E-state index is 12.6. The van der Waals surface area contributed by atoms with Crippen molar-refractivity contribution in [3.8, 4) is 0 Å². The first-order valence-corrected chi connectivity index (χ1v) is 8.98. The van der Waals surface area contributed by atoms with E-state index in [0.29, 0.717) is 5.89 Å². The fourth-order valence-corrected chi connectivity index (χ4v) is 2.71. The van der Waals surface area contributed by atoms with Gasteiger partial charge in [0.15, 0.2) is 5.69 Å². The molecule has 2 fully saturated rings. The van der Waals surface area contributed by atoms with Crippen LogP contribution >= 0.6 is 0 Å². The van der Waals surface area contributed by atoms with Crippen LogP contribution in [0, 0.1) is 6.92 Å². The van der Waals surface area contributed by atoms with Gasteiger partial charge in [0.05, 0.1) is 6.54 Å². The summed E-state index contributed by atoms with van der Waals surface area (Å²) in [5, 5.41) is 5.79. The molecule has 2 saturated carbocycles. The molecule has 1 aromatic carbocycles. The third kappa shape index (κ3) is 4.04. The molecule has 1 heterocycles. The molecule has 0 unspecified atom stereocenters. The molecule has 26 heavy (non-hydrogen) atoms. The van der Waals surface area contributed by atoms with Gasteiger partial charge in [0.25, 0.3) is 5.91 Å². The van der Waals surface area contributed by atoms with Crippen molar-refractivity contribution in [1.29, 1.82) is 0 Å². The van der Waals surface area contributed by atoms with Gasteiger partial charge in [-0.05, 0) is 44.7 Å². The van der Waals surface area contributed by atoms with Gasteiger partial charge in [0.2, 0.25) is 5.89 Å². The number of hydrogen-bond donors (Lipinski definition) is 2. The number of anilines is 1. The highest BCUT2D eigenvalue weighted by Gasteiger charge is 2.34. The topological polar surface area (TPSA) is 87.5 Å². The largest absolute Gasteiger partial charge is 0.446 e. The van der Waals surface area contributed by atoms with Gasteiger partial charge in [-0.15, -0.1) is 0 Å². The lowest BCUT2D eigenvalue weighted by atomic mass is 10.2. The van der Waals surface area contributed by atoms with Crippen molar-refractivity contribution in [3.05, 3.63) is 47.7 Å². The predicted molar refractivity (Wildman–Crippen MR) is 95.8 cm³/mol. The van der Waals surface area contributed by atoms with E-state index in [0.717, 1.165) is 36.9 Å². The summed E-state index contributed by atoms with van der Waals surface area (Å²) in [6.45, 7) is 2.25. The molecule has 0 spiro atoms. The first-order chi connectivity index (χ1) is 12.6. The molecule has 4 rings (SSSR count). The maximum Gasteiger partial charge on any atom is 0.322 e. The second-order valence-electron chi connectivity index (χ2n) is 7.03. The summed E-state index contributed by atoms with van der Waals surface area (Å²) in [6, 6.07) is 7.94. The number of urea groups is 1. The van der Waals surface area contributed by atoms with Crippen LogP contribution < -0.4 is 10.6 Å². The molecule has 0 atom stereocenters. The van der Waals surface area contributed by atoms with E-state index < -0.39 is 0 Å². The lowest BCUT2D eigenvalue weighted by Gasteiger charge is -2.21. The summed E-state index contributed by atoms with van der Waals surface area (Å²) in [5.41, 5.74) is 2.16. The monoisotopic (exact) mass is 354 g/mol. The van der Waals surface area contributed by atoms with Crippen LogP contribution in [0.1, 0.15) is 47.6 Å². The van der Waals surface area contributed by atoms with Crippen molar-refractivity contribution in [2.45, 2.75) is 51.2 Å². The molecule has 0 radical (unpaired) electrons. The van der Waals surface area contributed by atoms with Crippen LogP contribution in [0.4, 0.5) is 10.5 Å². The number of benzene rings is 1. The Kier molecular flexibility index (Phi) is 4.36. The van der Waals surface area contributed by atoms with E-state index in [1.807, 2.05) is 31.2 Å². The van der Waals surface area contributed by atoms with Crippen molar-refractivity contribution < 1.29 is 14.0 Å². The number of amides is 3. The number of carbonyl (C=O) groups is 2. The molecule has 2 N–H and O–H groups in total. The zero-order chi connectivity index (χ0) is 18.1. The van der Waals surface area contributed by atoms with Crippen molar-refractivity contribution in [3.63, 3.8) is 0 Å². The number of hydrogen-bond acceptors (Lipinski definition) is 4. The zero-order valence-corrected chi connectivity index (χ0v) is 14.7. The van der Waals surface area contributed by atoms with Crippen LogP contribution in [0.2, 0.25) is 0 Å². The molecule has 136 valence electrons. The second kappa shape index (κ2) is 6.82. The van der Waals surface area contributed by atoms with E-state index in [4.69, 9.17) is 4.42 Å². The van der Waals surface area contributed by atoms with Crippen LogP contribution in [0.15, 0.2) is 34.9 Å². The first kappa shape index (κ1) is 16.6. The van der Waals surface area contributed by atoms with Crippen molar-refractivity contribution >= 4 is 17.6 Å². The summed E-state index contributed by atoms with van der Waals surface area (Å²) in [4.78, 5) is 30.6. The summed E-state index contributed by atoms with van der Waals surface area (Å²) < 4.78 is 5.42. The number of nitrogens with one attached hydrogen (secondary N) is 2. The zero-order valence-electron chi connectivity index (χ0n) is 14.7. The van der Waals surface area contributed by atoms with E-state index in [2.05, 4.69) is 15.6 Å². The fourth-order valence-electron chi connectivity index (χ4n) is 2.71. The highest BCUT2D eigenvalue weighted by atomic mass is 16.3. The Morgan fingerprint density at radius 1 is 1.19 bits per heavy atom. The molecule has 0 bridgehead atoms. The highest BCUT2D eigenvalue weighted by molar-refractivity contribution is 5.92. The van der Waals surface area contributed by atoms with Crippen LogP contribution in [0.3, 0.4) is 0 Å². The molecule has 1 aromatic heterocycles. The Hall–Kier alpha value is -2.83. The molecule has 0 aliphatic heterocycles. The van der Waals surface area contributed by atoms with Crippen molar-refractivity contribution in [2.75, 3.05) is 5.32 Å². The SMILES string of the molecule is Cc1ccc(NC(=O)N(Cc2nc(C(=O)NC3CC3)co2)C2CC2)cc1. The number of carbonyl (C=O) groups excluding carboxylic acids is 2. The van der Waals surface area contributed by atoms with E-state index in [1.165, 1.54) is 6.26 Å². The van der Waals surface area contributed by atoms with Gasteiger partial charge >= 0.3 is 6.03 Å². The number of rotatable bonds is 6. The van der Waals surface area contributed by atoms with Gasteiger partial charge in [-0.2, -0.15) is 0 Å². The number of oxazole rings is 1. The lowest BCUT2D eigenvalue weighted by molar-refractivity contribution is 0.0946. The van der Waals surface area contributed by atoms with Gasteiger partial charge in [-0.3, -0.25) is 4.79 Å². The summed E-state index contributed by atoms with van der Waals surface area (Å²) in [6.07, 6.45) is 5.33. The normalized spacial score (nSPS) is 16.2. The van der Waals surface area contributed by atoms with Gasteiger partial charge in [0, 0.05) is 17.8 Å². The van der Waals surface area contributed by atoms with E-state index in [1.54, 1.807) is 4.90 Å². The Labute approximate surface area is 151 Å². The number of aryl methyl sites for hydroxylation is 1. The van der Waals surface area contributed by atoms with E-state index in [-0.39, 0.29) is 36.3 Å². The molecular formula is C19H22N4O3. The molecule has 3 amide bonds. The minimum atomic E-state index is -0.218.